The Kier molecular flexibility index (Phi) is 1.84. The molecule has 0 bridgehead atoms. The Labute approximate surface area is 49.3 Å². The number of alkyl halides is 1. The van der Waals surface area contributed by atoms with Crippen LogP contribution in [0.3, 0.4) is 0 Å². The molecule has 0 saturated carbocycles. The third-order valence-corrected chi connectivity index (χ3v) is 1.75. The van der Waals surface area contributed by atoms with Crippen molar-refractivity contribution in [3.05, 3.63) is 0 Å². The second kappa shape index (κ2) is 2.44. The lowest BCUT2D eigenvalue weighted by Gasteiger charge is -2.06. The molecule has 2 heteroatoms. The lowest BCUT2D eigenvalue weighted by molar-refractivity contribution is 0.264. The molecule has 1 N–H and O–H groups in total. The number of hydrogen-bond donors (Lipinski definition) is 1. The van der Waals surface area contributed by atoms with Crippen LogP contribution in [0, 0.1) is 5.92 Å². The van der Waals surface area contributed by atoms with Crippen LogP contribution in [0.15, 0.2) is 0 Å². The molecular weight excluding hydrogens is 105 g/mol. The predicted octanol–water partition coefficient (Wildman–Crippen LogP) is 0.954. The largest absolute Gasteiger partial charge is 0.316 e. The SMILES string of the molecule is CC(F)C1CCNC1. The molecule has 48 valence electrons. The highest BCUT2D eigenvalue weighted by molar-refractivity contribution is 4.74. The molecule has 1 rings (SSSR count). The van der Waals surface area contributed by atoms with Gasteiger partial charge in [-0.05, 0) is 19.9 Å². The molecule has 1 heterocycles. The fourth-order valence-electron chi connectivity index (χ4n) is 1.07. The molecule has 0 aromatic rings. The maximum absolute atomic E-state index is 12.4. The summed E-state index contributed by atoms with van der Waals surface area (Å²) in [5, 5.41) is 3.11. The molecule has 0 aliphatic carbocycles. The number of nitrogens with one attached hydrogen (secondary N) is 1. The monoisotopic (exact) mass is 117 g/mol. The summed E-state index contributed by atoms with van der Waals surface area (Å²) in [4.78, 5) is 0. The van der Waals surface area contributed by atoms with Gasteiger partial charge in [-0.2, -0.15) is 0 Å². The Morgan fingerprint density at radius 3 is 2.75 bits per heavy atom. The van der Waals surface area contributed by atoms with Crippen molar-refractivity contribution in [2.75, 3.05) is 13.1 Å². The maximum Gasteiger partial charge on any atom is 0.101 e. The molecule has 1 aliphatic rings. The van der Waals surface area contributed by atoms with Crippen LogP contribution in [0.2, 0.25) is 0 Å². The van der Waals surface area contributed by atoms with Crippen LogP contribution in [-0.4, -0.2) is 19.3 Å². The molecule has 0 spiro atoms. The topological polar surface area (TPSA) is 12.0 Å². The Morgan fingerprint density at radius 1 is 1.75 bits per heavy atom. The zero-order valence-corrected chi connectivity index (χ0v) is 5.15. The lowest BCUT2D eigenvalue weighted by Crippen LogP contribution is -2.15. The summed E-state index contributed by atoms with van der Waals surface area (Å²) < 4.78 is 12.4. The molecule has 0 aromatic heterocycles. The molecular formula is C6H12FN. The van der Waals surface area contributed by atoms with Gasteiger partial charge in [0.25, 0.3) is 0 Å². The zero-order valence-electron chi connectivity index (χ0n) is 5.15. The highest BCUT2D eigenvalue weighted by Gasteiger charge is 2.19. The second-order valence-corrected chi connectivity index (χ2v) is 2.43. The van der Waals surface area contributed by atoms with Gasteiger partial charge in [0.1, 0.15) is 6.17 Å². The third kappa shape index (κ3) is 1.19. The van der Waals surface area contributed by atoms with Crippen molar-refractivity contribution < 1.29 is 4.39 Å². The first kappa shape index (κ1) is 6.02. The van der Waals surface area contributed by atoms with E-state index >= 15 is 0 Å². The Bertz CT molecular complexity index is 66.9. The Morgan fingerprint density at radius 2 is 2.50 bits per heavy atom. The van der Waals surface area contributed by atoms with Gasteiger partial charge >= 0.3 is 0 Å². The van der Waals surface area contributed by atoms with E-state index in [0.717, 1.165) is 19.5 Å². The van der Waals surface area contributed by atoms with Gasteiger partial charge in [0.05, 0.1) is 0 Å². The summed E-state index contributed by atoms with van der Waals surface area (Å²) in [5.41, 5.74) is 0. The summed E-state index contributed by atoms with van der Waals surface area (Å²) in [6, 6.07) is 0. The molecule has 0 radical (unpaired) electrons. The lowest BCUT2D eigenvalue weighted by atomic mass is 10.1. The minimum Gasteiger partial charge on any atom is -0.316 e. The fourth-order valence-corrected chi connectivity index (χ4v) is 1.07. The van der Waals surface area contributed by atoms with Crippen LogP contribution in [0.5, 0.6) is 0 Å². The van der Waals surface area contributed by atoms with Crippen molar-refractivity contribution in [1.29, 1.82) is 0 Å². The Balaban J connectivity index is 2.24. The van der Waals surface area contributed by atoms with E-state index in [-0.39, 0.29) is 5.92 Å². The van der Waals surface area contributed by atoms with Crippen LogP contribution in [0.25, 0.3) is 0 Å². The van der Waals surface area contributed by atoms with Crippen molar-refractivity contribution in [2.24, 2.45) is 5.92 Å². The standard InChI is InChI=1S/C6H12FN/c1-5(7)6-2-3-8-4-6/h5-6,8H,2-4H2,1H3. The van der Waals surface area contributed by atoms with Crippen molar-refractivity contribution in [3.8, 4) is 0 Å². The van der Waals surface area contributed by atoms with Crippen LogP contribution in [0.4, 0.5) is 4.39 Å². The van der Waals surface area contributed by atoms with Crippen molar-refractivity contribution in [3.63, 3.8) is 0 Å². The smallest absolute Gasteiger partial charge is 0.101 e. The molecule has 0 aromatic carbocycles. The summed E-state index contributed by atoms with van der Waals surface area (Å²) in [7, 11) is 0. The van der Waals surface area contributed by atoms with E-state index < -0.39 is 6.17 Å². The van der Waals surface area contributed by atoms with E-state index in [1.54, 1.807) is 6.92 Å². The first-order valence-electron chi connectivity index (χ1n) is 3.15. The van der Waals surface area contributed by atoms with E-state index in [2.05, 4.69) is 5.32 Å². The molecule has 2 atom stereocenters. The average molecular weight is 117 g/mol. The molecule has 8 heavy (non-hydrogen) atoms. The first-order chi connectivity index (χ1) is 3.80. The third-order valence-electron chi connectivity index (χ3n) is 1.75. The average Bonchev–Trinajstić information content (AvgIpc) is 2.12. The predicted molar refractivity (Wildman–Crippen MR) is 31.5 cm³/mol. The minimum atomic E-state index is -0.620. The van der Waals surface area contributed by atoms with Gasteiger partial charge < -0.3 is 5.32 Å². The molecule has 1 fully saturated rings. The molecule has 1 nitrogen and oxygen atoms in total. The van der Waals surface area contributed by atoms with Crippen molar-refractivity contribution in [2.45, 2.75) is 19.5 Å². The number of hydrogen-bond acceptors (Lipinski definition) is 1. The van der Waals surface area contributed by atoms with E-state index in [9.17, 15) is 4.39 Å². The quantitative estimate of drug-likeness (QED) is 0.539. The van der Waals surface area contributed by atoms with Gasteiger partial charge in [0.2, 0.25) is 0 Å². The van der Waals surface area contributed by atoms with Gasteiger partial charge in [-0.3, -0.25) is 0 Å². The van der Waals surface area contributed by atoms with E-state index in [4.69, 9.17) is 0 Å². The summed E-state index contributed by atoms with van der Waals surface area (Å²) in [6.07, 6.45) is 0.391. The highest BCUT2D eigenvalue weighted by Crippen LogP contribution is 2.14. The fraction of sp³-hybridized carbons (Fsp3) is 1.00. The Hall–Kier alpha value is -0.110. The van der Waals surface area contributed by atoms with Crippen LogP contribution < -0.4 is 5.32 Å². The maximum atomic E-state index is 12.4. The van der Waals surface area contributed by atoms with Crippen molar-refractivity contribution in [1.82, 2.24) is 5.32 Å². The molecule has 1 aliphatic heterocycles. The first-order valence-corrected chi connectivity index (χ1v) is 3.15. The van der Waals surface area contributed by atoms with E-state index in [1.165, 1.54) is 0 Å². The van der Waals surface area contributed by atoms with E-state index in [0.29, 0.717) is 0 Å². The van der Waals surface area contributed by atoms with Gasteiger partial charge in [-0.1, -0.05) is 0 Å². The summed E-state index contributed by atoms with van der Waals surface area (Å²) in [5.74, 6) is 0.287. The van der Waals surface area contributed by atoms with E-state index in [1.807, 2.05) is 0 Å². The van der Waals surface area contributed by atoms with Crippen LogP contribution in [0.1, 0.15) is 13.3 Å². The molecule has 0 amide bonds. The molecule has 1 saturated heterocycles. The second-order valence-electron chi connectivity index (χ2n) is 2.43. The van der Waals surface area contributed by atoms with Gasteiger partial charge in [0.15, 0.2) is 0 Å². The van der Waals surface area contributed by atoms with Gasteiger partial charge in [0, 0.05) is 12.5 Å². The van der Waals surface area contributed by atoms with Gasteiger partial charge in [-0.25, -0.2) is 4.39 Å². The normalized spacial score (nSPS) is 33.0. The van der Waals surface area contributed by atoms with Crippen LogP contribution >= 0.6 is 0 Å². The van der Waals surface area contributed by atoms with Gasteiger partial charge in [-0.15, -0.1) is 0 Å². The summed E-state index contributed by atoms with van der Waals surface area (Å²) in [6.45, 7) is 3.51. The van der Waals surface area contributed by atoms with Crippen molar-refractivity contribution >= 4 is 0 Å². The number of rotatable bonds is 1. The minimum absolute atomic E-state index is 0.287. The highest BCUT2D eigenvalue weighted by atomic mass is 19.1. The molecule has 2 unspecified atom stereocenters. The number of halogens is 1. The zero-order chi connectivity index (χ0) is 5.98. The summed E-state index contributed by atoms with van der Waals surface area (Å²) >= 11 is 0. The van der Waals surface area contributed by atoms with Crippen LogP contribution in [-0.2, 0) is 0 Å².